The molecule has 0 saturated heterocycles. The van der Waals surface area contributed by atoms with Crippen LogP contribution in [0.3, 0.4) is 0 Å². The monoisotopic (exact) mass is 938 g/mol. The molecule has 0 radical (unpaired) electrons. The van der Waals surface area contributed by atoms with Crippen LogP contribution in [0.5, 0.6) is 0 Å². The maximum atomic E-state index is 12.9. The largest absolute Gasteiger partial charge is 0.472 e. The number of aliphatic hydroxyl groups is 1. The van der Waals surface area contributed by atoms with Crippen molar-refractivity contribution in [3.63, 3.8) is 0 Å². The number of nitrogens with one attached hydrogen (secondary N) is 1. The Kier molecular flexibility index (Phi) is 44.8. The standard InChI is InChI=1S/C57H97N2O6P/c1-6-8-10-12-14-16-18-19-20-21-22-23-24-25-26-27-28-29-30-31-32-33-34-35-36-37-38-39-41-43-45-47-49-51-57(61)58-55(54-65-66(62,63)64-53-52-59(3,4)5)56(60)50-48-46-44-42-40-17-15-13-11-9-7-2/h8,10,14,16,19-20,22-23,25-26,28-29,31-32,34-35,37-38,48,50,55-56,60H,6-7,9,11-13,15,17-18,21,24,27,30,33,36,39-47,49,51-54H2,1-5H3,(H-,58,61,62,63)/p+1/b10-8-,16-14-,20-19-,23-22-,26-25-,29-28-,32-31-,35-34-,38-37-,50-48+. The molecule has 0 aliphatic rings. The summed E-state index contributed by atoms with van der Waals surface area (Å²) in [5, 5.41) is 13.8. The molecule has 8 nitrogen and oxygen atoms in total. The molecule has 0 heterocycles. The summed E-state index contributed by atoms with van der Waals surface area (Å²) in [4.78, 5) is 23.2. The zero-order chi connectivity index (χ0) is 48.5. The molecule has 3 atom stereocenters. The molecule has 0 spiro atoms. The lowest BCUT2D eigenvalue weighted by Crippen LogP contribution is -2.45. The third-order valence-electron chi connectivity index (χ3n) is 10.7. The second kappa shape index (κ2) is 47.0. The maximum absolute atomic E-state index is 12.9. The molecule has 0 fully saturated rings. The average Bonchev–Trinajstić information content (AvgIpc) is 3.28. The molecule has 0 aromatic heterocycles. The zero-order valence-electron chi connectivity index (χ0n) is 42.6. The number of nitrogens with zero attached hydrogens (tertiary/aromatic N) is 1. The van der Waals surface area contributed by atoms with Gasteiger partial charge in [0.2, 0.25) is 5.91 Å². The lowest BCUT2D eigenvalue weighted by Gasteiger charge is -2.25. The molecule has 1 amide bonds. The van der Waals surface area contributed by atoms with Crippen molar-refractivity contribution in [3.05, 3.63) is 122 Å². The average molecular weight is 938 g/mol. The van der Waals surface area contributed by atoms with Crippen LogP contribution in [0.1, 0.15) is 181 Å². The summed E-state index contributed by atoms with van der Waals surface area (Å²) in [5.74, 6) is -0.204. The molecule has 66 heavy (non-hydrogen) atoms. The number of allylic oxidation sites excluding steroid dienone is 19. The Morgan fingerprint density at radius 1 is 0.530 bits per heavy atom. The normalized spacial score (nSPS) is 15.1. The fourth-order valence-corrected chi connectivity index (χ4v) is 7.36. The highest BCUT2D eigenvalue weighted by Crippen LogP contribution is 2.43. The minimum atomic E-state index is -4.35. The molecule has 376 valence electrons. The molecule has 3 unspecified atom stereocenters. The second-order valence-corrected chi connectivity index (χ2v) is 19.6. The van der Waals surface area contributed by atoms with Gasteiger partial charge >= 0.3 is 7.82 Å². The predicted octanol–water partition coefficient (Wildman–Crippen LogP) is 15.4. The molecule has 9 heteroatoms. The van der Waals surface area contributed by atoms with E-state index in [0.717, 1.165) is 116 Å². The SMILES string of the molecule is CC/C=C\C/C=C\C/C=C\C/C=C\C/C=C\C/C=C\C/C=C\C/C=C\C/C=C\CCCCCCCC(=O)NC(COP(=O)(O)OCC[N+](C)(C)C)C(O)/C=C/CCCCCCCCCCC. The summed E-state index contributed by atoms with van der Waals surface area (Å²) < 4.78 is 23.6. The van der Waals surface area contributed by atoms with Crippen molar-refractivity contribution in [2.45, 2.75) is 193 Å². The molecular weight excluding hydrogens is 840 g/mol. The molecule has 0 aliphatic carbocycles. The first-order valence-electron chi connectivity index (χ1n) is 25.9. The van der Waals surface area contributed by atoms with Gasteiger partial charge in [-0.15, -0.1) is 0 Å². The number of hydrogen-bond donors (Lipinski definition) is 3. The molecule has 3 N–H and O–H groups in total. The molecule has 0 aliphatic heterocycles. The van der Waals surface area contributed by atoms with Crippen LogP contribution in [0.15, 0.2) is 122 Å². The van der Waals surface area contributed by atoms with Gasteiger partial charge in [-0.3, -0.25) is 13.8 Å². The van der Waals surface area contributed by atoms with Gasteiger partial charge in [0.25, 0.3) is 0 Å². The Hall–Kier alpha value is -3.10. The van der Waals surface area contributed by atoms with Gasteiger partial charge in [-0.2, -0.15) is 0 Å². The third-order valence-corrected chi connectivity index (χ3v) is 11.7. The Balaban J connectivity index is 4.25. The Morgan fingerprint density at radius 3 is 1.33 bits per heavy atom. The van der Waals surface area contributed by atoms with Crippen LogP contribution in [-0.2, 0) is 18.4 Å². The number of quaternary nitrogens is 1. The zero-order valence-corrected chi connectivity index (χ0v) is 43.5. The van der Waals surface area contributed by atoms with Gasteiger partial charge in [0.15, 0.2) is 0 Å². The topological polar surface area (TPSA) is 105 Å². The third kappa shape index (κ3) is 48.8. The number of rotatable bonds is 45. The van der Waals surface area contributed by atoms with E-state index in [0.29, 0.717) is 17.4 Å². The maximum Gasteiger partial charge on any atom is 0.472 e. The van der Waals surface area contributed by atoms with Gasteiger partial charge in [0, 0.05) is 6.42 Å². The highest BCUT2D eigenvalue weighted by atomic mass is 31.2. The van der Waals surface area contributed by atoms with Crippen molar-refractivity contribution in [1.29, 1.82) is 0 Å². The molecule has 0 bridgehead atoms. The first kappa shape index (κ1) is 62.9. The molecule has 0 aromatic carbocycles. The first-order valence-corrected chi connectivity index (χ1v) is 27.4. The van der Waals surface area contributed by atoms with Crippen LogP contribution in [0.25, 0.3) is 0 Å². The van der Waals surface area contributed by atoms with Gasteiger partial charge in [0.05, 0.1) is 39.9 Å². The number of carbonyl (C=O) groups excluding carboxylic acids is 1. The molecule has 0 rings (SSSR count). The van der Waals surface area contributed by atoms with E-state index in [2.05, 4.69) is 129 Å². The smallest absolute Gasteiger partial charge is 0.387 e. The van der Waals surface area contributed by atoms with E-state index in [9.17, 15) is 19.4 Å². The van der Waals surface area contributed by atoms with Crippen molar-refractivity contribution in [2.24, 2.45) is 0 Å². The van der Waals surface area contributed by atoms with Crippen molar-refractivity contribution in [2.75, 3.05) is 40.9 Å². The van der Waals surface area contributed by atoms with Gasteiger partial charge in [-0.1, -0.05) is 206 Å². The number of aliphatic hydroxyl groups excluding tert-OH is 1. The van der Waals surface area contributed by atoms with Gasteiger partial charge in [-0.05, 0) is 89.9 Å². The summed E-state index contributed by atoms with van der Waals surface area (Å²) in [7, 11) is 1.54. The van der Waals surface area contributed by atoms with Crippen LogP contribution in [0.4, 0.5) is 0 Å². The van der Waals surface area contributed by atoms with E-state index in [1.165, 1.54) is 44.9 Å². The van der Waals surface area contributed by atoms with Crippen LogP contribution in [-0.4, -0.2) is 73.4 Å². The lowest BCUT2D eigenvalue weighted by molar-refractivity contribution is -0.870. The summed E-state index contributed by atoms with van der Waals surface area (Å²) >= 11 is 0. The van der Waals surface area contributed by atoms with Crippen LogP contribution < -0.4 is 5.32 Å². The van der Waals surface area contributed by atoms with E-state index in [1.807, 2.05) is 27.2 Å². The van der Waals surface area contributed by atoms with Crippen molar-refractivity contribution in [1.82, 2.24) is 5.32 Å². The Labute approximate surface area is 405 Å². The highest BCUT2D eigenvalue weighted by Gasteiger charge is 2.27. The molecular formula is C57H98N2O6P+. The number of carbonyl (C=O) groups is 1. The van der Waals surface area contributed by atoms with Gasteiger partial charge in [-0.25, -0.2) is 4.57 Å². The number of unbranched alkanes of at least 4 members (excludes halogenated alkanes) is 14. The summed E-state index contributed by atoms with van der Waals surface area (Å²) in [5.41, 5.74) is 0. The molecule has 0 aromatic rings. The lowest BCUT2D eigenvalue weighted by atomic mass is 10.1. The minimum absolute atomic E-state index is 0.0505. The van der Waals surface area contributed by atoms with Crippen LogP contribution in [0.2, 0.25) is 0 Å². The summed E-state index contributed by atoms with van der Waals surface area (Å²) in [6.45, 7) is 4.64. The van der Waals surface area contributed by atoms with Crippen LogP contribution >= 0.6 is 7.82 Å². The van der Waals surface area contributed by atoms with Gasteiger partial charge < -0.3 is 19.8 Å². The number of phosphoric ester groups is 1. The minimum Gasteiger partial charge on any atom is -0.387 e. The highest BCUT2D eigenvalue weighted by molar-refractivity contribution is 7.47. The van der Waals surface area contributed by atoms with E-state index in [1.54, 1.807) is 6.08 Å². The summed E-state index contributed by atoms with van der Waals surface area (Å²) in [6, 6.07) is -0.864. The Bertz CT molecular complexity index is 1480. The first-order chi connectivity index (χ1) is 32.0. The second-order valence-electron chi connectivity index (χ2n) is 18.2. The fourth-order valence-electron chi connectivity index (χ4n) is 6.62. The number of likely N-dealkylation sites (N-methyl/N-ethyl adjacent to an activating group) is 1. The van der Waals surface area contributed by atoms with Gasteiger partial charge in [0.1, 0.15) is 13.2 Å². The number of hydrogen-bond acceptors (Lipinski definition) is 5. The molecule has 0 saturated carbocycles. The number of amides is 1. The predicted molar refractivity (Wildman–Crippen MR) is 285 cm³/mol. The van der Waals surface area contributed by atoms with Crippen LogP contribution in [0, 0.1) is 0 Å². The Morgan fingerprint density at radius 2 is 0.909 bits per heavy atom. The van der Waals surface area contributed by atoms with E-state index >= 15 is 0 Å². The number of phosphoric acid groups is 1. The summed E-state index contributed by atoms with van der Waals surface area (Å²) in [6.07, 6.45) is 70.0. The fraction of sp³-hybridized carbons (Fsp3) is 0.632. The van der Waals surface area contributed by atoms with E-state index < -0.39 is 20.0 Å². The van der Waals surface area contributed by atoms with Crippen molar-refractivity contribution in [3.8, 4) is 0 Å². The van der Waals surface area contributed by atoms with Crippen molar-refractivity contribution < 1.29 is 32.9 Å². The van der Waals surface area contributed by atoms with E-state index in [-0.39, 0.29) is 19.1 Å². The van der Waals surface area contributed by atoms with E-state index in [4.69, 9.17) is 9.05 Å². The quantitative estimate of drug-likeness (QED) is 0.0243. The van der Waals surface area contributed by atoms with Crippen molar-refractivity contribution >= 4 is 13.7 Å².